The van der Waals surface area contributed by atoms with Crippen molar-refractivity contribution in [1.82, 2.24) is 9.62 Å². The van der Waals surface area contributed by atoms with Crippen LogP contribution in [-0.4, -0.2) is 42.6 Å². The molecule has 0 spiro atoms. The predicted molar refractivity (Wildman–Crippen MR) is 145 cm³/mol. The van der Waals surface area contributed by atoms with E-state index in [2.05, 4.69) is 46.9 Å². The summed E-state index contributed by atoms with van der Waals surface area (Å²) >= 11 is 0. The third-order valence-electron chi connectivity index (χ3n) is 9.39. The predicted octanol–water partition coefficient (Wildman–Crippen LogP) is 6.99. The molecule has 34 heavy (non-hydrogen) atoms. The van der Waals surface area contributed by atoms with E-state index >= 15 is 0 Å². The van der Waals surface area contributed by atoms with Crippen LogP contribution in [0.15, 0.2) is 0 Å². The maximum absolute atomic E-state index is 14.1. The van der Waals surface area contributed by atoms with Crippen LogP contribution < -0.4 is 5.32 Å². The second-order valence-electron chi connectivity index (χ2n) is 12.7. The second kappa shape index (κ2) is 12.9. The van der Waals surface area contributed by atoms with Crippen molar-refractivity contribution in [2.24, 2.45) is 29.6 Å². The molecule has 1 heterocycles. The zero-order valence-electron chi connectivity index (χ0n) is 23.3. The zero-order valence-corrected chi connectivity index (χ0v) is 24.1. The van der Waals surface area contributed by atoms with Crippen molar-refractivity contribution in [1.29, 1.82) is 0 Å². The van der Waals surface area contributed by atoms with Gasteiger partial charge in [0.15, 0.2) is 0 Å². The molecule has 5 heteroatoms. The van der Waals surface area contributed by atoms with E-state index in [1.807, 2.05) is 4.31 Å². The van der Waals surface area contributed by atoms with Gasteiger partial charge in [-0.3, -0.25) is 0 Å². The van der Waals surface area contributed by atoms with Gasteiger partial charge < -0.3 is 5.32 Å². The van der Waals surface area contributed by atoms with Crippen molar-refractivity contribution in [2.45, 2.75) is 148 Å². The van der Waals surface area contributed by atoms with Crippen molar-refractivity contribution in [3.05, 3.63) is 0 Å². The van der Waals surface area contributed by atoms with Crippen LogP contribution in [0.25, 0.3) is 0 Å². The number of sulfonamides is 1. The van der Waals surface area contributed by atoms with Gasteiger partial charge in [-0.05, 0) is 81.0 Å². The fourth-order valence-electron chi connectivity index (χ4n) is 7.48. The normalized spacial score (nSPS) is 36.2. The number of piperidine rings is 1. The molecule has 1 aliphatic heterocycles. The molecule has 4 nitrogen and oxygen atoms in total. The van der Waals surface area contributed by atoms with Crippen molar-refractivity contribution in [3.63, 3.8) is 0 Å². The first-order valence-corrected chi connectivity index (χ1v) is 16.5. The molecule has 0 aromatic rings. The molecule has 4 fully saturated rings. The van der Waals surface area contributed by atoms with Crippen molar-refractivity contribution in [2.75, 3.05) is 6.54 Å². The van der Waals surface area contributed by atoms with Crippen LogP contribution >= 0.6 is 0 Å². The van der Waals surface area contributed by atoms with Crippen LogP contribution in [0.5, 0.6) is 0 Å². The van der Waals surface area contributed by atoms with Gasteiger partial charge in [0.2, 0.25) is 10.0 Å². The first-order valence-electron chi connectivity index (χ1n) is 15.0. The van der Waals surface area contributed by atoms with Crippen LogP contribution in [0, 0.1) is 29.6 Å². The van der Waals surface area contributed by atoms with Crippen LogP contribution in [0.4, 0.5) is 0 Å². The van der Waals surface area contributed by atoms with Gasteiger partial charge in [0, 0.05) is 24.7 Å². The summed E-state index contributed by atoms with van der Waals surface area (Å²) in [6.45, 7) is 14.0. The van der Waals surface area contributed by atoms with Crippen LogP contribution in [0.3, 0.4) is 0 Å². The molecule has 7 unspecified atom stereocenters. The molecule has 3 saturated carbocycles. The molecule has 4 rings (SSSR count). The maximum Gasteiger partial charge on any atom is 0.217 e. The minimum Gasteiger partial charge on any atom is -0.311 e. The number of rotatable bonds is 7. The lowest BCUT2D eigenvalue weighted by atomic mass is 9.73. The van der Waals surface area contributed by atoms with E-state index in [0.717, 1.165) is 31.7 Å². The molecule has 0 radical (unpaired) electrons. The Kier molecular flexibility index (Phi) is 10.8. The summed E-state index contributed by atoms with van der Waals surface area (Å²) in [4.78, 5) is 0. The summed E-state index contributed by atoms with van der Waals surface area (Å²) in [7, 11) is -3.25. The van der Waals surface area contributed by atoms with Crippen molar-refractivity contribution in [3.8, 4) is 0 Å². The Balaban J connectivity index is 0.00000103. The lowest BCUT2D eigenvalue weighted by Crippen LogP contribution is -2.57. The van der Waals surface area contributed by atoms with Gasteiger partial charge >= 0.3 is 0 Å². The first-order chi connectivity index (χ1) is 16.2. The molecule has 1 N–H and O–H groups in total. The van der Waals surface area contributed by atoms with E-state index in [0.29, 0.717) is 29.8 Å². The highest BCUT2D eigenvalue weighted by molar-refractivity contribution is 7.89. The van der Waals surface area contributed by atoms with E-state index in [-0.39, 0.29) is 17.2 Å². The lowest BCUT2D eigenvalue weighted by molar-refractivity contribution is 0.0812. The molecule has 4 aliphatic rings. The van der Waals surface area contributed by atoms with Gasteiger partial charge in [0.25, 0.3) is 0 Å². The summed E-state index contributed by atoms with van der Waals surface area (Å²) in [6.07, 6.45) is 15.7. The number of fused-ring (bicyclic) bond motifs is 1. The number of hydrogen-bond donors (Lipinski definition) is 1. The smallest absolute Gasteiger partial charge is 0.217 e. The number of hydrogen-bond acceptors (Lipinski definition) is 3. The van der Waals surface area contributed by atoms with Gasteiger partial charge in [-0.1, -0.05) is 73.6 Å². The SMILES string of the molecule is CC(C)NC(CC1CCC1)C1CCC(C)C(S(=O)(=O)N2CCCC3CCCC(C)C32)C1.CCC. The van der Waals surface area contributed by atoms with Crippen molar-refractivity contribution < 1.29 is 8.42 Å². The number of nitrogens with one attached hydrogen (secondary N) is 1. The van der Waals surface area contributed by atoms with Crippen LogP contribution in [0.1, 0.15) is 125 Å². The second-order valence-corrected chi connectivity index (χ2v) is 14.8. The first kappa shape index (κ1) is 28.4. The molecule has 200 valence electrons. The summed E-state index contributed by atoms with van der Waals surface area (Å²) in [5, 5.41) is 3.68. The minimum absolute atomic E-state index is 0.183. The number of nitrogens with zero attached hydrogens (tertiary/aromatic N) is 1. The average molecular weight is 497 g/mol. The van der Waals surface area contributed by atoms with E-state index in [4.69, 9.17) is 0 Å². The summed E-state index contributed by atoms with van der Waals surface area (Å²) < 4.78 is 30.3. The third-order valence-corrected chi connectivity index (χ3v) is 11.9. The van der Waals surface area contributed by atoms with E-state index < -0.39 is 10.0 Å². The maximum atomic E-state index is 14.1. The van der Waals surface area contributed by atoms with Gasteiger partial charge in [0.1, 0.15) is 0 Å². The molecular formula is C29H56N2O2S. The molecule has 0 bridgehead atoms. The summed E-state index contributed by atoms with van der Waals surface area (Å²) in [5.41, 5.74) is 0. The Hall–Kier alpha value is -0.130. The van der Waals surface area contributed by atoms with Gasteiger partial charge in [-0.2, -0.15) is 4.31 Å². The molecule has 0 amide bonds. The Morgan fingerprint density at radius 2 is 1.53 bits per heavy atom. The fourth-order valence-corrected chi connectivity index (χ4v) is 10.1. The van der Waals surface area contributed by atoms with Gasteiger partial charge in [-0.15, -0.1) is 0 Å². The molecule has 0 aromatic heterocycles. The van der Waals surface area contributed by atoms with E-state index in [1.165, 1.54) is 64.2 Å². The summed E-state index contributed by atoms with van der Waals surface area (Å²) in [5.74, 6) is 2.75. The van der Waals surface area contributed by atoms with Crippen LogP contribution in [-0.2, 0) is 10.0 Å². The quantitative estimate of drug-likeness (QED) is 0.413. The van der Waals surface area contributed by atoms with Crippen LogP contribution in [0.2, 0.25) is 0 Å². The van der Waals surface area contributed by atoms with E-state index in [1.54, 1.807) is 0 Å². The molecule has 3 aliphatic carbocycles. The molecular weight excluding hydrogens is 440 g/mol. The minimum atomic E-state index is -3.25. The Morgan fingerprint density at radius 1 is 0.882 bits per heavy atom. The Morgan fingerprint density at radius 3 is 2.15 bits per heavy atom. The Bertz CT molecular complexity index is 703. The topological polar surface area (TPSA) is 49.4 Å². The third kappa shape index (κ3) is 6.79. The average Bonchev–Trinajstić information content (AvgIpc) is 2.76. The zero-order chi connectivity index (χ0) is 24.9. The highest BCUT2D eigenvalue weighted by Crippen LogP contribution is 2.44. The largest absolute Gasteiger partial charge is 0.311 e. The lowest BCUT2D eigenvalue weighted by Gasteiger charge is -2.49. The monoisotopic (exact) mass is 496 g/mol. The molecule has 0 aromatic carbocycles. The molecule has 7 atom stereocenters. The fraction of sp³-hybridized carbons (Fsp3) is 1.00. The van der Waals surface area contributed by atoms with E-state index in [9.17, 15) is 8.42 Å². The highest BCUT2D eigenvalue weighted by atomic mass is 32.2. The molecule has 1 saturated heterocycles. The highest BCUT2D eigenvalue weighted by Gasteiger charge is 2.48. The van der Waals surface area contributed by atoms with Gasteiger partial charge in [0.05, 0.1) is 5.25 Å². The summed E-state index contributed by atoms with van der Waals surface area (Å²) in [6, 6.07) is 1.21. The van der Waals surface area contributed by atoms with Crippen molar-refractivity contribution >= 4 is 10.0 Å². The standard InChI is InChI=1S/C26H48N2O2S.C3H8/c1-18(2)27-24(16-21-9-6-10-21)23-14-13-19(3)25(17-23)31(29,30)28-15-7-12-22-11-5-8-20(4)26(22)28;1-3-2/h18-27H,5-17H2,1-4H3;3H2,1-2H3. The van der Waals surface area contributed by atoms with Gasteiger partial charge in [-0.25, -0.2) is 8.42 Å². The Labute approximate surface area is 212 Å².